The van der Waals surface area contributed by atoms with Gasteiger partial charge in [-0.15, -0.1) is 0 Å². The normalized spacial score (nSPS) is 15.9. The van der Waals surface area contributed by atoms with Gasteiger partial charge in [-0.2, -0.15) is 12.6 Å². The molecule has 0 aromatic heterocycles. The lowest BCUT2D eigenvalue weighted by Crippen LogP contribution is -2.61. The van der Waals surface area contributed by atoms with Gasteiger partial charge in [-0.25, -0.2) is 4.79 Å². The van der Waals surface area contributed by atoms with Gasteiger partial charge in [-0.3, -0.25) is 52.9 Å². The largest absolute Gasteiger partial charge is 0.481 e. The second-order valence-corrected chi connectivity index (χ2v) is 19.1. The highest BCUT2D eigenvalue weighted by atomic mass is 32.1. The highest BCUT2D eigenvalue weighted by Gasteiger charge is 2.36. The van der Waals surface area contributed by atoms with Crippen molar-refractivity contribution in [3.05, 3.63) is 0 Å². The third-order valence-corrected chi connectivity index (χ3v) is 12.3. The molecule has 0 radical (unpaired) electrons. The van der Waals surface area contributed by atoms with Gasteiger partial charge in [0.1, 0.15) is 54.4 Å². The molecular weight excluding hydrogens is 1000 g/mol. The van der Waals surface area contributed by atoms with Gasteiger partial charge in [0.2, 0.25) is 53.2 Å². The zero-order valence-corrected chi connectivity index (χ0v) is 45.1. The van der Waals surface area contributed by atoms with E-state index in [1.54, 1.807) is 41.5 Å². The zero-order chi connectivity index (χ0) is 57.7. The van der Waals surface area contributed by atoms with Gasteiger partial charge in [0.25, 0.3) is 0 Å². The second-order valence-electron chi connectivity index (χ2n) is 18.8. The van der Waals surface area contributed by atoms with Crippen molar-refractivity contribution in [1.29, 1.82) is 0 Å². The minimum Gasteiger partial charge on any atom is -0.481 e. The van der Waals surface area contributed by atoms with Gasteiger partial charge in [-0.1, -0.05) is 54.4 Å². The Kier molecular flexibility index (Phi) is 32.8. The number of aliphatic hydroxyl groups excluding tert-OH is 1. The Morgan fingerprint density at radius 1 is 0.533 bits per heavy atom. The molecule has 28 nitrogen and oxygen atoms in total. The first-order valence-corrected chi connectivity index (χ1v) is 25.6. The first-order valence-electron chi connectivity index (χ1n) is 25.0. The summed E-state index contributed by atoms with van der Waals surface area (Å²) in [4.78, 5) is 148. The van der Waals surface area contributed by atoms with Crippen molar-refractivity contribution in [3.8, 4) is 0 Å². The van der Waals surface area contributed by atoms with Gasteiger partial charge < -0.3 is 86.1 Å². The highest BCUT2D eigenvalue weighted by Crippen LogP contribution is 2.13. The molecule has 0 aromatic carbocycles. The average Bonchev–Trinajstić information content (AvgIpc) is 3.34. The van der Waals surface area contributed by atoms with Crippen LogP contribution in [0.25, 0.3) is 0 Å². The fourth-order valence-electron chi connectivity index (χ4n) is 6.96. The van der Waals surface area contributed by atoms with Crippen LogP contribution in [0.1, 0.15) is 113 Å². The average molecular weight is 1090 g/mol. The molecule has 0 unspecified atom stereocenters. The molecule has 0 aliphatic carbocycles. The van der Waals surface area contributed by atoms with Crippen LogP contribution in [0.15, 0.2) is 4.99 Å². The van der Waals surface area contributed by atoms with E-state index in [0.717, 1.165) is 0 Å². The summed E-state index contributed by atoms with van der Waals surface area (Å²) >= 11 is 4.10. The van der Waals surface area contributed by atoms with Crippen LogP contribution < -0.4 is 70.8 Å². The van der Waals surface area contributed by atoms with Crippen molar-refractivity contribution in [3.63, 3.8) is 0 Å². The van der Waals surface area contributed by atoms with E-state index < -0.39 is 150 Å². The molecule has 29 heteroatoms. The Hall–Kier alpha value is -6.33. The number of aliphatic carboxylic acids is 2. The number of carbonyl (C=O) groups is 11. The first-order chi connectivity index (χ1) is 35.1. The van der Waals surface area contributed by atoms with E-state index in [2.05, 4.69) is 65.5 Å². The van der Waals surface area contributed by atoms with Crippen molar-refractivity contribution in [2.75, 3.05) is 25.4 Å². The molecule has 75 heavy (non-hydrogen) atoms. The number of aliphatic imine (C=N–C) groups is 1. The second kappa shape index (κ2) is 35.8. The highest BCUT2D eigenvalue weighted by molar-refractivity contribution is 7.80. The minimum absolute atomic E-state index is 0.0104. The summed E-state index contributed by atoms with van der Waals surface area (Å²) in [5.74, 6) is -12.1. The maximum absolute atomic E-state index is 13.8. The van der Waals surface area contributed by atoms with Crippen molar-refractivity contribution >= 4 is 83.7 Å². The predicted molar refractivity (Wildman–Crippen MR) is 279 cm³/mol. The van der Waals surface area contributed by atoms with E-state index >= 15 is 0 Å². The third kappa shape index (κ3) is 26.1. The van der Waals surface area contributed by atoms with Crippen LogP contribution in [0.3, 0.4) is 0 Å². The van der Waals surface area contributed by atoms with Gasteiger partial charge in [0.05, 0.1) is 19.1 Å². The number of nitrogens with zero attached hydrogens (tertiary/aromatic N) is 1. The number of unbranched alkanes of at least 4 members (excludes halogenated alkanes) is 1. The molecule has 428 valence electrons. The minimum atomic E-state index is -1.68. The summed E-state index contributed by atoms with van der Waals surface area (Å²) in [6.07, 6.45) is 1.04. The van der Waals surface area contributed by atoms with E-state index in [1.165, 1.54) is 13.8 Å². The van der Waals surface area contributed by atoms with Gasteiger partial charge in [0, 0.05) is 12.3 Å². The number of carboxylic acids is 2. The molecule has 0 saturated heterocycles. The number of rotatable bonds is 37. The fraction of sp³-hybridized carbons (Fsp3) is 0.739. The van der Waals surface area contributed by atoms with Crippen molar-refractivity contribution in [2.45, 2.75) is 174 Å². The Morgan fingerprint density at radius 2 is 0.960 bits per heavy atom. The summed E-state index contributed by atoms with van der Waals surface area (Å²) in [5, 5.41) is 51.2. The number of thiol groups is 1. The van der Waals surface area contributed by atoms with Crippen LogP contribution in [0, 0.1) is 17.8 Å². The summed E-state index contributed by atoms with van der Waals surface area (Å²) in [5.41, 5.74) is 22.1. The van der Waals surface area contributed by atoms with Crippen LogP contribution in [0.2, 0.25) is 0 Å². The number of carbonyl (C=O) groups excluding carboxylic acids is 9. The van der Waals surface area contributed by atoms with Gasteiger partial charge in [-0.05, 0) is 76.7 Å². The number of hydrogen-bond acceptors (Lipinski definition) is 16. The standard InChI is InChI=1S/C46H84N14O14S/c1-9-23(5)34(59-43(71)32(21-75)58-38(66)27(48)19-33(62)63)44(72)55-28(14-11-12-16-47)40(68)57-31(20-61)42(70)53-25(7)36(64)52-26(8)37(65)54-29(15-13-17-51-46(49)50)39(67)56-30(18-22(3)4)41(69)60-35(45(73)74)24(6)10-2/h22-32,34-35,61,75H,9-21,47-48H2,1-8H3,(H,52,64)(H,53,70)(H,54,65)(H,55,72)(H,56,67)(H,57,68)(H,58,66)(H,59,71)(H,60,69)(H,62,63)(H,73,74)(H4,49,50,51)/t23-,24-,25-,26-,27-,28-,29-,30-,31-,32-,34-,35-/m0/s1. The Morgan fingerprint density at radius 3 is 1.44 bits per heavy atom. The fourth-order valence-corrected chi connectivity index (χ4v) is 7.22. The molecule has 0 fully saturated rings. The van der Waals surface area contributed by atoms with E-state index in [0.29, 0.717) is 25.7 Å². The number of amides is 9. The molecule has 0 spiro atoms. The molecule has 0 aliphatic heterocycles. The first kappa shape index (κ1) is 68.7. The molecule has 9 amide bonds. The maximum atomic E-state index is 13.8. The third-order valence-electron chi connectivity index (χ3n) is 11.9. The lowest BCUT2D eigenvalue weighted by atomic mass is 9.97. The zero-order valence-electron chi connectivity index (χ0n) is 44.2. The van der Waals surface area contributed by atoms with Crippen LogP contribution in [0.4, 0.5) is 0 Å². The molecule has 0 heterocycles. The monoisotopic (exact) mass is 1090 g/mol. The summed E-state index contributed by atoms with van der Waals surface area (Å²) in [7, 11) is 0. The van der Waals surface area contributed by atoms with E-state index in [1.807, 2.05) is 0 Å². The topological polar surface area (TPSA) is 473 Å². The van der Waals surface area contributed by atoms with Crippen LogP contribution in [-0.4, -0.2) is 172 Å². The van der Waals surface area contributed by atoms with Crippen LogP contribution >= 0.6 is 12.6 Å². The smallest absolute Gasteiger partial charge is 0.326 e. The number of carboxylic acid groups (broad SMARTS) is 2. The van der Waals surface area contributed by atoms with E-state index in [-0.39, 0.29) is 56.4 Å². The number of guanidine groups is 1. The molecule has 20 N–H and O–H groups in total. The van der Waals surface area contributed by atoms with Crippen LogP contribution in [0.5, 0.6) is 0 Å². The molecular formula is C46H84N14O14S. The lowest BCUT2D eigenvalue weighted by molar-refractivity contribution is -0.144. The predicted octanol–water partition coefficient (Wildman–Crippen LogP) is -4.48. The Labute approximate surface area is 443 Å². The quantitative estimate of drug-likeness (QED) is 0.0121. The Bertz CT molecular complexity index is 1960. The number of nitrogens with one attached hydrogen (secondary N) is 9. The number of hydrogen-bond donors (Lipinski definition) is 17. The molecule has 0 aliphatic rings. The van der Waals surface area contributed by atoms with Crippen LogP contribution in [-0.2, 0) is 52.7 Å². The SMILES string of the molecule is CC[C@H](C)[C@H](NC(=O)[C@H](CC(C)C)NC(=O)[C@H](CCCN=C(N)N)NC(=O)[C@H](C)NC(=O)[C@H](C)NC(=O)[C@H](CO)NC(=O)[C@H](CCCCN)NC(=O)[C@@H](NC(=O)[C@H](CS)NC(=O)[C@@H](N)CC(=O)O)[C@@H](C)CC)C(=O)O. The summed E-state index contributed by atoms with van der Waals surface area (Å²) in [6, 6.07) is -13.6. The van der Waals surface area contributed by atoms with Crippen molar-refractivity contribution < 1.29 is 68.1 Å². The molecule has 12 atom stereocenters. The van der Waals surface area contributed by atoms with Gasteiger partial charge >= 0.3 is 11.9 Å². The Balaban J connectivity index is 6.16. The van der Waals surface area contributed by atoms with Gasteiger partial charge in [0.15, 0.2) is 5.96 Å². The molecule has 0 rings (SSSR count). The number of aliphatic hydroxyl groups is 1. The van der Waals surface area contributed by atoms with Crippen molar-refractivity contribution in [1.82, 2.24) is 47.9 Å². The maximum Gasteiger partial charge on any atom is 0.326 e. The summed E-state index contributed by atoms with van der Waals surface area (Å²) < 4.78 is 0. The van der Waals surface area contributed by atoms with E-state index in [4.69, 9.17) is 28.0 Å². The number of nitrogens with two attached hydrogens (primary N) is 4. The molecule has 0 bridgehead atoms. The summed E-state index contributed by atoms with van der Waals surface area (Å²) in [6.45, 7) is 12.2. The molecule has 0 saturated carbocycles. The van der Waals surface area contributed by atoms with E-state index in [9.17, 15) is 63.0 Å². The lowest BCUT2D eigenvalue weighted by Gasteiger charge is -2.29. The molecule has 0 aromatic rings. The van der Waals surface area contributed by atoms with Crippen molar-refractivity contribution in [2.24, 2.45) is 45.7 Å².